The van der Waals surface area contributed by atoms with Crippen molar-refractivity contribution in [1.82, 2.24) is 10.6 Å². The maximum absolute atomic E-state index is 5.46. The molecule has 1 aliphatic heterocycles. The van der Waals surface area contributed by atoms with E-state index < -0.39 is 0 Å². The van der Waals surface area contributed by atoms with Crippen LogP contribution in [0.4, 0.5) is 0 Å². The lowest BCUT2D eigenvalue weighted by atomic mass is 9.88. The topological polar surface area (TPSA) is 33.3 Å². The summed E-state index contributed by atoms with van der Waals surface area (Å²) in [4.78, 5) is 0. The summed E-state index contributed by atoms with van der Waals surface area (Å²) in [6, 6.07) is 8.72. The van der Waals surface area contributed by atoms with E-state index in [0.29, 0.717) is 6.04 Å². The van der Waals surface area contributed by atoms with Crippen molar-refractivity contribution in [2.24, 2.45) is 5.92 Å². The van der Waals surface area contributed by atoms with Gasteiger partial charge in [-0.1, -0.05) is 18.2 Å². The molecule has 0 saturated carbocycles. The van der Waals surface area contributed by atoms with Crippen LogP contribution in [0.1, 0.15) is 30.9 Å². The molecule has 100 valence electrons. The van der Waals surface area contributed by atoms with Crippen LogP contribution in [0.5, 0.6) is 5.75 Å². The molecule has 18 heavy (non-hydrogen) atoms. The van der Waals surface area contributed by atoms with Gasteiger partial charge in [-0.3, -0.25) is 0 Å². The van der Waals surface area contributed by atoms with E-state index in [-0.39, 0.29) is 0 Å². The number of ether oxygens (including phenoxy) is 1. The predicted molar refractivity (Wildman–Crippen MR) is 75.0 cm³/mol. The number of hydrogen-bond donors (Lipinski definition) is 2. The first-order valence-electron chi connectivity index (χ1n) is 6.86. The molecule has 1 saturated heterocycles. The Kier molecular flexibility index (Phi) is 5.02. The number of para-hydroxylation sites is 1. The van der Waals surface area contributed by atoms with Gasteiger partial charge < -0.3 is 15.4 Å². The van der Waals surface area contributed by atoms with Gasteiger partial charge in [0.25, 0.3) is 0 Å². The number of nitrogens with one attached hydrogen (secondary N) is 2. The highest BCUT2D eigenvalue weighted by Gasteiger charge is 2.20. The van der Waals surface area contributed by atoms with E-state index in [9.17, 15) is 0 Å². The van der Waals surface area contributed by atoms with Crippen LogP contribution in [-0.4, -0.2) is 27.2 Å². The Morgan fingerprint density at radius 2 is 2.06 bits per heavy atom. The molecule has 2 rings (SSSR count). The number of rotatable bonds is 5. The Bertz CT molecular complexity index is 361. The fourth-order valence-corrected chi connectivity index (χ4v) is 2.81. The number of methoxy groups -OCH3 is 1. The standard InChI is InChI=1S/C15H24N2O/c1-16-14(11-12-7-9-17-10-8-12)13-5-3-4-6-15(13)18-2/h3-6,12,14,16-17H,7-11H2,1-2H3. The van der Waals surface area contributed by atoms with Crippen molar-refractivity contribution in [2.75, 3.05) is 27.2 Å². The Morgan fingerprint density at radius 1 is 1.33 bits per heavy atom. The van der Waals surface area contributed by atoms with E-state index in [0.717, 1.165) is 24.8 Å². The smallest absolute Gasteiger partial charge is 0.123 e. The third-order valence-electron chi connectivity index (χ3n) is 3.89. The van der Waals surface area contributed by atoms with Gasteiger partial charge in [-0.15, -0.1) is 0 Å². The van der Waals surface area contributed by atoms with E-state index in [1.807, 2.05) is 19.2 Å². The predicted octanol–water partition coefficient (Wildman–Crippen LogP) is 2.35. The zero-order chi connectivity index (χ0) is 12.8. The Labute approximate surface area is 110 Å². The van der Waals surface area contributed by atoms with Gasteiger partial charge >= 0.3 is 0 Å². The summed E-state index contributed by atoms with van der Waals surface area (Å²) >= 11 is 0. The summed E-state index contributed by atoms with van der Waals surface area (Å²) in [5.41, 5.74) is 1.28. The van der Waals surface area contributed by atoms with Crippen LogP contribution in [0, 0.1) is 5.92 Å². The third-order valence-corrected chi connectivity index (χ3v) is 3.89. The van der Waals surface area contributed by atoms with Gasteiger partial charge in [0.2, 0.25) is 0 Å². The normalized spacial score (nSPS) is 18.6. The second kappa shape index (κ2) is 6.76. The second-order valence-electron chi connectivity index (χ2n) is 5.01. The number of piperidine rings is 1. The van der Waals surface area contributed by atoms with Crippen molar-refractivity contribution < 1.29 is 4.74 Å². The summed E-state index contributed by atoms with van der Waals surface area (Å²) < 4.78 is 5.46. The SMILES string of the molecule is CNC(CC1CCNCC1)c1ccccc1OC. The van der Waals surface area contributed by atoms with Crippen LogP contribution in [0.25, 0.3) is 0 Å². The maximum atomic E-state index is 5.46. The zero-order valence-electron chi connectivity index (χ0n) is 11.4. The monoisotopic (exact) mass is 248 g/mol. The fourth-order valence-electron chi connectivity index (χ4n) is 2.81. The minimum Gasteiger partial charge on any atom is -0.496 e. The van der Waals surface area contributed by atoms with Gasteiger partial charge in [0.15, 0.2) is 0 Å². The van der Waals surface area contributed by atoms with Crippen molar-refractivity contribution >= 4 is 0 Å². The molecule has 1 fully saturated rings. The van der Waals surface area contributed by atoms with Crippen molar-refractivity contribution in [2.45, 2.75) is 25.3 Å². The second-order valence-corrected chi connectivity index (χ2v) is 5.01. The number of hydrogen-bond acceptors (Lipinski definition) is 3. The molecule has 1 heterocycles. The molecule has 0 bridgehead atoms. The molecule has 1 atom stereocenters. The first-order valence-corrected chi connectivity index (χ1v) is 6.86. The van der Waals surface area contributed by atoms with Crippen LogP contribution in [-0.2, 0) is 0 Å². The first-order chi connectivity index (χ1) is 8.85. The van der Waals surface area contributed by atoms with E-state index >= 15 is 0 Å². The van der Waals surface area contributed by atoms with Crippen LogP contribution < -0.4 is 15.4 Å². The lowest BCUT2D eigenvalue weighted by Gasteiger charge is -2.28. The molecule has 2 N–H and O–H groups in total. The average molecular weight is 248 g/mol. The highest BCUT2D eigenvalue weighted by molar-refractivity contribution is 5.35. The molecule has 0 amide bonds. The largest absolute Gasteiger partial charge is 0.496 e. The van der Waals surface area contributed by atoms with Gasteiger partial charge in [0.05, 0.1) is 7.11 Å². The molecule has 1 aromatic carbocycles. The molecule has 3 heteroatoms. The Hall–Kier alpha value is -1.06. The third kappa shape index (κ3) is 3.24. The molecule has 0 aromatic heterocycles. The molecule has 0 spiro atoms. The summed E-state index contributed by atoms with van der Waals surface area (Å²) in [6.07, 6.45) is 3.76. The molecule has 3 nitrogen and oxygen atoms in total. The van der Waals surface area contributed by atoms with Gasteiger partial charge in [0.1, 0.15) is 5.75 Å². The van der Waals surface area contributed by atoms with Crippen LogP contribution in [0.15, 0.2) is 24.3 Å². The highest BCUT2D eigenvalue weighted by Crippen LogP contribution is 2.31. The highest BCUT2D eigenvalue weighted by atomic mass is 16.5. The molecule has 1 unspecified atom stereocenters. The van der Waals surface area contributed by atoms with Gasteiger partial charge in [-0.25, -0.2) is 0 Å². The van der Waals surface area contributed by atoms with E-state index in [1.54, 1.807) is 7.11 Å². The zero-order valence-corrected chi connectivity index (χ0v) is 11.4. The minimum absolute atomic E-state index is 0.393. The van der Waals surface area contributed by atoms with Crippen molar-refractivity contribution in [3.8, 4) is 5.75 Å². The van der Waals surface area contributed by atoms with Crippen molar-refractivity contribution in [1.29, 1.82) is 0 Å². The van der Waals surface area contributed by atoms with Crippen LogP contribution in [0.2, 0.25) is 0 Å². The molecule has 0 aliphatic carbocycles. The number of benzene rings is 1. The van der Waals surface area contributed by atoms with E-state index in [2.05, 4.69) is 22.8 Å². The summed E-state index contributed by atoms with van der Waals surface area (Å²) in [5, 5.41) is 6.86. The lowest BCUT2D eigenvalue weighted by molar-refractivity contribution is 0.312. The van der Waals surface area contributed by atoms with E-state index in [1.165, 1.54) is 24.8 Å². The minimum atomic E-state index is 0.393. The molecule has 1 aliphatic rings. The van der Waals surface area contributed by atoms with Crippen molar-refractivity contribution in [3.63, 3.8) is 0 Å². The summed E-state index contributed by atoms with van der Waals surface area (Å²) in [6.45, 7) is 2.32. The Morgan fingerprint density at radius 3 is 2.72 bits per heavy atom. The molecular formula is C15H24N2O. The maximum Gasteiger partial charge on any atom is 0.123 e. The van der Waals surface area contributed by atoms with Gasteiger partial charge in [-0.05, 0) is 51.4 Å². The molecule has 0 radical (unpaired) electrons. The average Bonchev–Trinajstić information content (AvgIpc) is 2.46. The summed E-state index contributed by atoms with van der Waals surface area (Å²) in [5.74, 6) is 1.80. The lowest BCUT2D eigenvalue weighted by Crippen LogP contribution is -2.30. The van der Waals surface area contributed by atoms with Crippen LogP contribution in [0.3, 0.4) is 0 Å². The quantitative estimate of drug-likeness (QED) is 0.839. The Balaban J connectivity index is 2.07. The van der Waals surface area contributed by atoms with Gasteiger partial charge in [0, 0.05) is 11.6 Å². The van der Waals surface area contributed by atoms with Crippen LogP contribution >= 0.6 is 0 Å². The molecule has 1 aromatic rings. The first kappa shape index (κ1) is 13.4. The van der Waals surface area contributed by atoms with Gasteiger partial charge in [-0.2, -0.15) is 0 Å². The summed E-state index contributed by atoms with van der Waals surface area (Å²) in [7, 11) is 3.79. The van der Waals surface area contributed by atoms with Crippen molar-refractivity contribution in [3.05, 3.63) is 29.8 Å². The fraction of sp³-hybridized carbons (Fsp3) is 0.600. The molecular weight excluding hydrogens is 224 g/mol. The van der Waals surface area contributed by atoms with E-state index in [4.69, 9.17) is 4.74 Å².